The van der Waals surface area contributed by atoms with Gasteiger partial charge in [0.1, 0.15) is 10.6 Å². The molecular weight excluding hydrogens is 288 g/mol. The number of aryl methyl sites for hydroxylation is 1. The molecule has 0 radical (unpaired) electrons. The summed E-state index contributed by atoms with van der Waals surface area (Å²) in [5.74, 6) is -0.276. The summed E-state index contributed by atoms with van der Waals surface area (Å²) in [4.78, 5) is 12.1. The molecule has 108 valence electrons. The van der Waals surface area contributed by atoms with Gasteiger partial charge in [0.2, 0.25) is 0 Å². The number of nitrogens with one attached hydrogen (secondary N) is 1. The second kappa shape index (κ2) is 6.43. The van der Waals surface area contributed by atoms with Gasteiger partial charge in [0.25, 0.3) is 15.0 Å². The molecule has 19 heavy (non-hydrogen) atoms. The van der Waals surface area contributed by atoms with Crippen molar-refractivity contribution in [3.05, 3.63) is 18.0 Å². The average molecular weight is 307 g/mol. The Morgan fingerprint density at radius 3 is 2.37 bits per heavy atom. The van der Waals surface area contributed by atoms with E-state index < -0.39 is 9.05 Å². The van der Waals surface area contributed by atoms with E-state index >= 15 is 0 Å². The molecule has 1 heterocycles. The molecule has 0 aromatic carbocycles. The number of halogens is 1. The molecule has 0 saturated carbocycles. The minimum Gasteiger partial charge on any atom is -0.348 e. The van der Waals surface area contributed by atoms with E-state index in [1.54, 1.807) is 4.57 Å². The van der Waals surface area contributed by atoms with E-state index in [0.29, 0.717) is 12.2 Å². The monoisotopic (exact) mass is 306 g/mol. The maximum Gasteiger partial charge on any atom is 0.268 e. The quantitative estimate of drug-likeness (QED) is 0.820. The molecule has 0 aliphatic heterocycles. The molecule has 0 bridgehead atoms. The predicted octanol–water partition coefficient (Wildman–Crippen LogP) is 2.35. The fraction of sp³-hybridized carbons (Fsp3) is 0.583. The van der Waals surface area contributed by atoms with E-state index in [9.17, 15) is 13.2 Å². The first-order chi connectivity index (χ1) is 8.83. The first kappa shape index (κ1) is 16.0. The molecule has 0 unspecified atom stereocenters. The third-order valence-corrected chi connectivity index (χ3v) is 4.37. The number of carbonyl (C=O) groups excluding carboxylic acids is 1. The zero-order valence-electron chi connectivity index (χ0n) is 11.3. The Balaban J connectivity index is 3.06. The number of aromatic nitrogens is 1. The lowest BCUT2D eigenvalue weighted by molar-refractivity contribution is 0.0925. The van der Waals surface area contributed by atoms with E-state index in [1.807, 2.05) is 20.8 Å². The number of carbonyl (C=O) groups is 1. The van der Waals surface area contributed by atoms with Crippen LogP contribution in [0.3, 0.4) is 0 Å². The highest BCUT2D eigenvalue weighted by atomic mass is 35.7. The lowest BCUT2D eigenvalue weighted by Crippen LogP contribution is -2.34. The topological polar surface area (TPSA) is 68.2 Å². The molecule has 0 spiro atoms. The highest BCUT2D eigenvalue weighted by molar-refractivity contribution is 8.13. The molecule has 1 rings (SSSR count). The van der Waals surface area contributed by atoms with Crippen molar-refractivity contribution in [1.82, 2.24) is 9.88 Å². The standard InChI is InChI=1S/C12H19ClN2O3S/c1-4-9(5-2)14-12(16)11-7-10(19(13,17)18)8-15(11)6-3/h7-9H,4-6H2,1-3H3,(H,14,16). The van der Waals surface area contributed by atoms with Gasteiger partial charge in [-0.2, -0.15) is 0 Å². The summed E-state index contributed by atoms with van der Waals surface area (Å²) in [5.41, 5.74) is 0.314. The van der Waals surface area contributed by atoms with Crippen molar-refractivity contribution >= 4 is 25.6 Å². The number of nitrogens with zero attached hydrogens (tertiary/aromatic N) is 1. The molecule has 1 aromatic rings. The van der Waals surface area contributed by atoms with Crippen molar-refractivity contribution in [3.8, 4) is 0 Å². The summed E-state index contributed by atoms with van der Waals surface area (Å²) < 4.78 is 24.2. The first-order valence-electron chi connectivity index (χ1n) is 6.29. The lowest BCUT2D eigenvalue weighted by atomic mass is 10.1. The Hall–Kier alpha value is -1.01. The van der Waals surface area contributed by atoms with Crippen LogP contribution in [0.2, 0.25) is 0 Å². The van der Waals surface area contributed by atoms with Crippen molar-refractivity contribution in [2.75, 3.05) is 0 Å². The zero-order valence-corrected chi connectivity index (χ0v) is 12.9. The van der Waals surface area contributed by atoms with E-state index in [4.69, 9.17) is 10.7 Å². The summed E-state index contributed by atoms with van der Waals surface area (Å²) in [6.07, 6.45) is 3.04. The molecule has 0 saturated heterocycles. The van der Waals surface area contributed by atoms with Crippen molar-refractivity contribution < 1.29 is 13.2 Å². The highest BCUT2D eigenvalue weighted by Gasteiger charge is 2.20. The molecule has 1 amide bonds. The van der Waals surface area contributed by atoms with Crippen LogP contribution in [0.5, 0.6) is 0 Å². The Bertz CT molecular complexity index is 547. The van der Waals surface area contributed by atoms with Crippen LogP contribution in [-0.4, -0.2) is 24.9 Å². The van der Waals surface area contributed by atoms with Crippen LogP contribution in [0.15, 0.2) is 17.2 Å². The maximum atomic E-state index is 12.1. The molecule has 7 heteroatoms. The van der Waals surface area contributed by atoms with Crippen LogP contribution in [-0.2, 0) is 15.6 Å². The van der Waals surface area contributed by atoms with Crippen molar-refractivity contribution in [2.24, 2.45) is 0 Å². The van der Waals surface area contributed by atoms with Gasteiger partial charge in [-0.1, -0.05) is 13.8 Å². The van der Waals surface area contributed by atoms with Gasteiger partial charge in [0, 0.05) is 29.5 Å². The fourth-order valence-electron chi connectivity index (χ4n) is 1.82. The van der Waals surface area contributed by atoms with Crippen LogP contribution in [0.25, 0.3) is 0 Å². The van der Waals surface area contributed by atoms with Crippen molar-refractivity contribution in [3.63, 3.8) is 0 Å². The molecule has 0 aliphatic carbocycles. The zero-order chi connectivity index (χ0) is 14.6. The molecule has 0 fully saturated rings. The number of hydrogen-bond donors (Lipinski definition) is 1. The number of rotatable bonds is 6. The van der Waals surface area contributed by atoms with E-state index in [-0.39, 0.29) is 16.8 Å². The SMILES string of the molecule is CCC(CC)NC(=O)c1cc(S(=O)(=O)Cl)cn1CC. The Morgan fingerprint density at radius 1 is 1.37 bits per heavy atom. The Kier molecular flexibility index (Phi) is 5.43. The summed E-state index contributed by atoms with van der Waals surface area (Å²) in [7, 11) is 1.48. The number of hydrogen-bond acceptors (Lipinski definition) is 3. The van der Waals surface area contributed by atoms with Crippen LogP contribution in [0.4, 0.5) is 0 Å². The predicted molar refractivity (Wildman–Crippen MR) is 75.0 cm³/mol. The summed E-state index contributed by atoms with van der Waals surface area (Å²) in [6, 6.07) is 1.40. The smallest absolute Gasteiger partial charge is 0.268 e. The summed E-state index contributed by atoms with van der Waals surface area (Å²) in [5, 5.41) is 2.87. The molecular formula is C12H19ClN2O3S. The third kappa shape index (κ3) is 3.98. The Labute approximate surface area is 118 Å². The van der Waals surface area contributed by atoms with E-state index in [1.165, 1.54) is 12.3 Å². The van der Waals surface area contributed by atoms with Gasteiger partial charge in [-0.05, 0) is 25.8 Å². The van der Waals surface area contributed by atoms with Gasteiger partial charge in [-0.15, -0.1) is 0 Å². The van der Waals surface area contributed by atoms with Crippen molar-refractivity contribution in [1.29, 1.82) is 0 Å². The fourth-order valence-corrected chi connectivity index (χ4v) is 2.58. The highest BCUT2D eigenvalue weighted by Crippen LogP contribution is 2.19. The lowest BCUT2D eigenvalue weighted by Gasteiger charge is -2.15. The Morgan fingerprint density at radius 2 is 1.95 bits per heavy atom. The maximum absolute atomic E-state index is 12.1. The second-order valence-corrected chi connectivity index (χ2v) is 6.84. The van der Waals surface area contributed by atoms with Gasteiger partial charge in [0.15, 0.2) is 0 Å². The van der Waals surface area contributed by atoms with Crippen LogP contribution < -0.4 is 5.32 Å². The largest absolute Gasteiger partial charge is 0.348 e. The van der Waals surface area contributed by atoms with E-state index in [2.05, 4.69) is 5.32 Å². The second-order valence-electron chi connectivity index (χ2n) is 4.27. The van der Waals surface area contributed by atoms with Crippen LogP contribution >= 0.6 is 10.7 Å². The average Bonchev–Trinajstić information content (AvgIpc) is 2.79. The molecule has 1 aromatic heterocycles. The molecule has 1 N–H and O–H groups in total. The van der Waals surface area contributed by atoms with Gasteiger partial charge in [-0.25, -0.2) is 8.42 Å². The minimum atomic E-state index is -3.82. The minimum absolute atomic E-state index is 0.0503. The molecule has 0 atom stereocenters. The van der Waals surface area contributed by atoms with Gasteiger partial charge in [0.05, 0.1) is 0 Å². The summed E-state index contributed by atoms with van der Waals surface area (Å²) in [6.45, 7) is 6.31. The third-order valence-electron chi connectivity index (χ3n) is 3.05. The van der Waals surface area contributed by atoms with Gasteiger partial charge < -0.3 is 9.88 Å². The van der Waals surface area contributed by atoms with Crippen molar-refractivity contribution in [2.45, 2.75) is 51.1 Å². The summed E-state index contributed by atoms with van der Waals surface area (Å²) >= 11 is 0. The molecule has 5 nitrogen and oxygen atoms in total. The number of amides is 1. The van der Waals surface area contributed by atoms with Crippen LogP contribution in [0, 0.1) is 0 Å². The normalized spacial score (nSPS) is 11.8. The van der Waals surface area contributed by atoms with Crippen LogP contribution in [0.1, 0.15) is 44.1 Å². The first-order valence-corrected chi connectivity index (χ1v) is 8.60. The van der Waals surface area contributed by atoms with Gasteiger partial charge in [-0.3, -0.25) is 4.79 Å². The van der Waals surface area contributed by atoms with E-state index in [0.717, 1.165) is 12.8 Å². The molecule has 0 aliphatic rings. The van der Waals surface area contributed by atoms with Gasteiger partial charge >= 0.3 is 0 Å².